The van der Waals surface area contributed by atoms with Gasteiger partial charge in [0.2, 0.25) is 0 Å². The normalized spacial score (nSPS) is 12.4. The van der Waals surface area contributed by atoms with Crippen molar-refractivity contribution in [1.29, 1.82) is 0 Å². The highest BCUT2D eigenvalue weighted by molar-refractivity contribution is 6.31. The minimum absolute atomic E-state index is 0.127. The second-order valence-corrected chi connectivity index (χ2v) is 4.74. The average Bonchev–Trinajstić information content (AvgIpc) is 2.42. The summed E-state index contributed by atoms with van der Waals surface area (Å²) in [7, 11) is 0. The lowest BCUT2D eigenvalue weighted by Crippen LogP contribution is -2.23. The molecule has 0 spiro atoms. The van der Waals surface area contributed by atoms with E-state index >= 15 is 0 Å². The monoisotopic (exact) mass is 278 g/mol. The standard InChI is InChI=1S/C15H16ClFN2/c1-2-19-15(12-4-3-7-18-10-12)8-11-5-6-13(17)9-14(11)16/h3-7,9-10,15,19H,2,8H2,1H3. The molecule has 0 amide bonds. The fourth-order valence-electron chi connectivity index (χ4n) is 2.04. The third-order valence-electron chi connectivity index (χ3n) is 2.98. The number of hydrogen-bond acceptors (Lipinski definition) is 2. The Kier molecular flexibility index (Phi) is 4.88. The molecule has 1 aromatic carbocycles. The van der Waals surface area contributed by atoms with E-state index in [2.05, 4.69) is 17.2 Å². The van der Waals surface area contributed by atoms with Gasteiger partial charge in [-0.1, -0.05) is 30.7 Å². The van der Waals surface area contributed by atoms with Crippen molar-refractivity contribution in [2.24, 2.45) is 0 Å². The van der Waals surface area contributed by atoms with Gasteiger partial charge in [-0.05, 0) is 42.3 Å². The predicted molar refractivity (Wildman–Crippen MR) is 75.8 cm³/mol. The molecule has 1 atom stereocenters. The Labute approximate surface area is 117 Å². The van der Waals surface area contributed by atoms with Crippen LogP contribution in [0.1, 0.15) is 24.1 Å². The van der Waals surface area contributed by atoms with Crippen LogP contribution in [0.4, 0.5) is 4.39 Å². The van der Waals surface area contributed by atoms with Gasteiger partial charge in [0.1, 0.15) is 5.82 Å². The summed E-state index contributed by atoms with van der Waals surface area (Å²) in [5, 5.41) is 3.86. The number of rotatable bonds is 5. The Bertz CT molecular complexity index is 531. The highest BCUT2D eigenvalue weighted by Crippen LogP contribution is 2.24. The maximum Gasteiger partial charge on any atom is 0.124 e. The summed E-state index contributed by atoms with van der Waals surface area (Å²) < 4.78 is 13.0. The molecule has 2 nitrogen and oxygen atoms in total. The van der Waals surface area contributed by atoms with E-state index in [1.54, 1.807) is 12.3 Å². The fourth-order valence-corrected chi connectivity index (χ4v) is 2.29. The molecule has 0 aliphatic heterocycles. The van der Waals surface area contributed by atoms with Gasteiger partial charge in [-0.25, -0.2) is 4.39 Å². The molecule has 0 saturated carbocycles. The molecule has 0 fully saturated rings. The summed E-state index contributed by atoms with van der Waals surface area (Å²) in [4.78, 5) is 4.13. The van der Waals surface area contributed by atoms with Crippen molar-refractivity contribution in [2.45, 2.75) is 19.4 Å². The van der Waals surface area contributed by atoms with Gasteiger partial charge < -0.3 is 5.32 Å². The molecule has 1 aromatic heterocycles. The number of halogens is 2. The predicted octanol–water partition coefficient (Wildman–Crippen LogP) is 3.77. The molecule has 0 bridgehead atoms. The van der Waals surface area contributed by atoms with E-state index in [0.29, 0.717) is 11.4 Å². The molecule has 0 aliphatic rings. The zero-order chi connectivity index (χ0) is 13.7. The summed E-state index contributed by atoms with van der Waals surface area (Å²) in [5.41, 5.74) is 2.03. The first-order valence-corrected chi connectivity index (χ1v) is 6.65. The summed E-state index contributed by atoms with van der Waals surface area (Å²) in [6, 6.07) is 8.58. The molecule has 2 aromatic rings. The van der Waals surface area contributed by atoms with Gasteiger partial charge in [0, 0.05) is 23.5 Å². The topological polar surface area (TPSA) is 24.9 Å². The van der Waals surface area contributed by atoms with E-state index in [9.17, 15) is 4.39 Å². The average molecular weight is 279 g/mol. The van der Waals surface area contributed by atoms with Crippen LogP contribution in [-0.4, -0.2) is 11.5 Å². The number of aromatic nitrogens is 1. The van der Waals surface area contributed by atoms with Crippen LogP contribution in [0.3, 0.4) is 0 Å². The van der Waals surface area contributed by atoms with E-state index in [1.165, 1.54) is 12.1 Å². The van der Waals surface area contributed by atoms with Crippen molar-refractivity contribution in [3.05, 3.63) is 64.7 Å². The first-order chi connectivity index (χ1) is 9.20. The summed E-state index contributed by atoms with van der Waals surface area (Å²) in [5.74, 6) is -0.310. The molecule has 1 heterocycles. The molecule has 1 unspecified atom stereocenters. The second kappa shape index (κ2) is 6.64. The molecular formula is C15H16ClFN2. The van der Waals surface area contributed by atoms with Crippen molar-refractivity contribution < 1.29 is 4.39 Å². The van der Waals surface area contributed by atoms with Gasteiger partial charge in [0.25, 0.3) is 0 Å². The molecular weight excluding hydrogens is 263 g/mol. The molecule has 2 rings (SSSR count). The zero-order valence-corrected chi connectivity index (χ0v) is 11.5. The quantitative estimate of drug-likeness (QED) is 0.901. The van der Waals surface area contributed by atoms with Crippen LogP contribution in [0, 0.1) is 5.82 Å². The van der Waals surface area contributed by atoms with Crippen LogP contribution in [0.25, 0.3) is 0 Å². The van der Waals surface area contributed by atoms with Crippen LogP contribution in [0.5, 0.6) is 0 Å². The van der Waals surface area contributed by atoms with E-state index in [1.807, 2.05) is 18.3 Å². The van der Waals surface area contributed by atoms with Crippen molar-refractivity contribution >= 4 is 11.6 Å². The highest BCUT2D eigenvalue weighted by Gasteiger charge is 2.13. The van der Waals surface area contributed by atoms with Crippen molar-refractivity contribution in [1.82, 2.24) is 10.3 Å². The minimum Gasteiger partial charge on any atom is -0.310 e. The van der Waals surface area contributed by atoms with Gasteiger partial charge in [-0.2, -0.15) is 0 Å². The number of benzene rings is 1. The van der Waals surface area contributed by atoms with E-state index < -0.39 is 0 Å². The smallest absolute Gasteiger partial charge is 0.124 e. The number of likely N-dealkylation sites (N-methyl/N-ethyl adjacent to an activating group) is 1. The third kappa shape index (κ3) is 3.75. The van der Waals surface area contributed by atoms with Crippen LogP contribution < -0.4 is 5.32 Å². The minimum atomic E-state index is -0.310. The number of nitrogens with zero attached hydrogens (tertiary/aromatic N) is 1. The molecule has 0 saturated heterocycles. The molecule has 0 radical (unpaired) electrons. The lowest BCUT2D eigenvalue weighted by atomic mass is 10.00. The summed E-state index contributed by atoms with van der Waals surface area (Å²) in [6.07, 6.45) is 4.29. The Morgan fingerprint density at radius 3 is 2.84 bits per heavy atom. The van der Waals surface area contributed by atoms with Gasteiger partial charge in [-0.15, -0.1) is 0 Å². The number of hydrogen-bond donors (Lipinski definition) is 1. The van der Waals surface area contributed by atoms with Crippen molar-refractivity contribution in [3.8, 4) is 0 Å². The molecule has 100 valence electrons. The lowest BCUT2D eigenvalue weighted by molar-refractivity contribution is 0.547. The van der Waals surface area contributed by atoms with Gasteiger partial charge in [-0.3, -0.25) is 4.98 Å². The van der Waals surface area contributed by atoms with Crippen molar-refractivity contribution in [3.63, 3.8) is 0 Å². The van der Waals surface area contributed by atoms with E-state index in [4.69, 9.17) is 11.6 Å². The SMILES string of the molecule is CCNC(Cc1ccc(F)cc1Cl)c1cccnc1. The zero-order valence-electron chi connectivity index (χ0n) is 10.7. The van der Waals surface area contributed by atoms with Crippen LogP contribution in [0.2, 0.25) is 5.02 Å². The third-order valence-corrected chi connectivity index (χ3v) is 3.33. The Morgan fingerprint density at radius 1 is 1.37 bits per heavy atom. The molecule has 4 heteroatoms. The van der Waals surface area contributed by atoms with E-state index in [-0.39, 0.29) is 11.9 Å². The first-order valence-electron chi connectivity index (χ1n) is 6.28. The van der Waals surface area contributed by atoms with E-state index in [0.717, 1.165) is 17.7 Å². The maximum atomic E-state index is 13.0. The van der Waals surface area contributed by atoms with Gasteiger partial charge in [0.15, 0.2) is 0 Å². The molecule has 19 heavy (non-hydrogen) atoms. The Balaban J connectivity index is 2.21. The molecule has 0 aliphatic carbocycles. The highest BCUT2D eigenvalue weighted by atomic mass is 35.5. The largest absolute Gasteiger partial charge is 0.310 e. The summed E-state index contributed by atoms with van der Waals surface area (Å²) >= 11 is 6.08. The maximum absolute atomic E-state index is 13.0. The number of pyridine rings is 1. The first kappa shape index (κ1) is 14.0. The molecule has 1 N–H and O–H groups in total. The fraction of sp³-hybridized carbons (Fsp3) is 0.267. The summed E-state index contributed by atoms with van der Waals surface area (Å²) in [6.45, 7) is 2.90. The lowest BCUT2D eigenvalue weighted by Gasteiger charge is -2.18. The van der Waals surface area contributed by atoms with Crippen molar-refractivity contribution in [2.75, 3.05) is 6.54 Å². The van der Waals surface area contributed by atoms with Gasteiger partial charge in [0.05, 0.1) is 0 Å². The Morgan fingerprint density at radius 2 is 2.21 bits per heavy atom. The Hall–Kier alpha value is -1.45. The van der Waals surface area contributed by atoms with Crippen LogP contribution >= 0.6 is 11.6 Å². The van der Waals surface area contributed by atoms with Crippen LogP contribution in [-0.2, 0) is 6.42 Å². The number of nitrogens with one attached hydrogen (secondary N) is 1. The van der Waals surface area contributed by atoms with Gasteiger partial charge >= 0.3 is 0 Å². The van der Waals surface area contributed by atoms with Crippen LogP contribution in [0.15, 0.2) is 42.7 Å². The second-order valence-electron chi connectivity index (χ2n) is 4.34.